The Morgan fingerprint density at radius 1 is 0.882 bits per heavy atom. The Bertz CT molecular complexity index is 2360. The smallest absolute Gasteiger partial charge is 0.508 e. The Hall–Kier alpha value is -4.14. The molecule has 14 nitrogen and oxygen atoms in total. The molecule has 0 saturated heterocycles. The van der Waals surface area contributed by atoms with Crippen LogP contribution in [0.1, 0.15) is 128 Å². The van der Waals surface area contributed by atoms with E-state index in [4.69, 9.17) is 28.4 Å². The second-order valence-electron chi connectivity index (χ2n) is 20.9. The summed E-state index contributed by atoms with van der Waals surface area (Å²) < 4.78 is 64.5. The van der Waals surface area contributed by atoms with Gasteiger partial charge < -0.3 is 44.0 Å². The molecule has 9 atom stereocenters. The number of hydrogen-bond acceptors (Lipinski definition) is 17. The highest BCUT2D eigenvalue weighted by Gasteiger charge is 2.77. The van der Waals surface area contributed by atoms with Crippen LogP contribution in [0.2, 0.25) is 0 Å². The monoisotopic (exact) mass is 1120 g/mol. The lowest BCUT2D eigenvalue weighted by Crippen LogP contribution is -2.67. The molecule has 2 fully saturated rings. The van der Waals surface area contributed by atoms with Gasteiger partial charge in [-0.25, -0.2) is 18.4 Å². The predicted molar refractivity (Wildman–Crippen MR) is 291 cm³/mol. The molecule has 76 heavy (non-hydrogen) atoms. The molecule has 0 bridgehead atoms. The number of esters is 1. The number of aliphatic hydroxyl groups excluding tert-OH is 1. The summed E-state index contributed by atoms with van der Waals surface area (Å²) in [6, 6.07) is 14.1. The fourth-order valence-corrected chi connectivity index (χ4v) is 14.7. The molecule has 2 saturated carbocycles. The van der Waals surface area contributed by atoms with Crippen molar-refractivity contribution in [2.75, 3.05) is 57.0 Å². The van der Waals surface area contributed by atoms with E-state index in [2.05, 4.69) is 29.6 Å². The van der Waals surface area contributed by atoms with Crippen LogP contribution in [0.25, 0.3) is 0 Å². The van der Waals surface area contributed by atoms with Crippen LogP contribution in [-0.2, 0) is 55.8 Å². The molecule has 0 aromatic heterocycles. The van der Waals surface area contributed by atoms with Crippen molar-refractivity contribution in [2.45, 2.75) is 136 Å². The van der Waals surface area contributed by atoms with Gasteiger partial charge in [-0.15, -0.1) is 0 Å². The van der Waals surface area contributed by atoms with Gasteiger partial charge >= 0.3 is 18.3 Å². The van der Waals surface area contributed by atoms with Gasteiger partial charge in [0.25, 0.3) is 0 Å². The highest BCUT2D eigenvalue weighted by atomic mass is 33.1. The average molecular weight is 1120 g/mol. The third kappa shape index (κ3) is 14.4. The summed E-state index contributed by atoms with van der Waals surface area (Å²) >= 11 is 0.428. The number of hydrogen-bond donors (Lipinski definition) is 3. The number of aryl methyl sites for hydroxylation is 1. The van der Waals surface area contributed by atoms with Crippen molar-refractivity contribution in [2.24, 2.45) is 34.0 Å². The van der Waals surface area contributed by atoms with Gasteiger partial charge in [0, 0.05) is 78.3 Å². The molecule has 0 aliphatic heterocycles. The van der Waals surface area contributed by atoms with E-state index >= 15 is 4.39 Å². The minimum absolute atomic E-state index is 0.00937. The summed E-state index contributed by atoms with van der Waals surface area (Å²) in [6.07, 6.45) is 6.93. The molecular formula is C57H77F2NO13S3. The van der Waals surface area contributed by atoms with Gasteiger partial charge in [0.1, 0.15) is 43.5 Å². The zero-order valence-electron chi connectivity index (χ0n) is 44.6. The molecule has 1 unspecified atom stereocenters. The van der Waals surface area contributed by atoms with Gasteiger partial charge in [-0.1, -0.05) is 105 Å². The number of ketones is 1. The van der Waals surface area contributed by atoms with Crippen LogP contribution in [0.3, 0.4) is 0 Å². The molecule has 19 heteroatoms. The Labute approximate surface area is 458 Å². The normalized spacial score (nSPS) is 27.0. The van der Waals surface area contributed by atoms with Crippen molar-refractivity contribution >= 4 is 62.5 Å². The maximum atomic E-state index is 16.4. The second kappa shape index (κ2) is 28.7. The van der Waals surface area contributed by atoms with Crippen LogP contribution >= 0.6 is 33.3 Å². The van der Waals surface area contributed by atoms with Crippen LogP contribution in [0.5, 0.6) is 5.75 Å². The van der Waals surface area contributed by atoms with Crippen LogP contribution in [0, 0.1) is 34.0 Å². The number of unbranched alkanes of at least 4 members (excludes halogenated alkanes) is 4. The molecule has 0 spiro atoms. The summed E-state index contributed by atoms with van der Waals surface area (Å²) in [7, 11) is 2.72. The quantitative estimate of drug-likeness (QED) is 0.0301. The number of thioether (sulfide) groups is 1. The third-order valence-corrected chi connectivity index (χ3v) is 19.5. The average Bonchev–Trinajstić information content (AvgIpc) is 3.86. The number of fused-ring (bicyclic) bond motifs is 5. The molecule has 4 aliphatic rings. The Balaban J connectivity index is 0.893. The van der Waals surface area contributed by atoms with Crippen molar-refractivity contribution < 1.29 is 71.4 Å². The number of halogens is 2. The standard InChI is InChI=1S/C57H77F2NO13S3/c1-6-50(64)73-57(51(65)74-37-58)38(2)30-43-44-33-46(59)45-32-42(61)21-22-54(45,3)56(44,5)49(34-55(43,57)4)72-53(67)70-27-29-76-75-28-26-69-52(66)71-36-41-31-40(19-20-47(41)62)48(63)35-60-23-13-9-15-25-68-24-14-8-12-18-39-16-10-7-11-17-39/h7,10-11,16-17,19-22,31,38,43-44,48-49,60,62-63H,6,8-9,12-15,18,23-30,32-37H2,1-5H3/t38-,43+,44+,48?,49+,54+,55+,56-,57+/m1/s1. The number of aliphatic hydroxyl groups is 1. The summed E-state index contributed by atoms with van der Waals surface area (Å²) in [4.78, 5) is 65.9. The highest BCUT2D eigenvalue weighted by Crippen LogP contribution is 2.74. The number of ether oxygens (including phenoxy) is 6. The Morgan fingerprint density at radius 2 is 1.58 bits per heavy atom. The Kier molecular flexibility index (Phi) is 23.0. The number of rotatable bonds is 29. The summed E-state index contributed by atoms with van der Waals surface area (Å²) in [5.41, 5.74) is -2.49. The van der Waals surface area contributed by atoms with Gasteiger partial charge in [-0.05, 0) is 116 Å². The number of phenolic OH excluding ortho intramolecular Hbond substituents is 1. The Morgan fingerprint density at radius 3 is 2.28 bits per heavy atom. The van der Waals surface area contributed by atoms with Crippen molar-refractivity contribution in [3.8, 4) is 5.75 Å². The fraction of sp³-hybridized carbons (Fsp3) is 0.632. The highest BCUT2D eigenvalue weighted by molar-refractivity contribution is 8.76. The van der Waals surface area contributed by atoms with Crippen LogP contribution < -0.4 is 5.32 Å². The zero-order valence-corrected chi connectivity index (χ0v) is 47.0. The molecule has 0 amide bonds. The SMILES string of the molecule is CCC(=O)O[C@]1(C(=O)SCF)[C@H](C)C[C@H]2[C@@H]3CC(F)=C4CC(=O)C=C[C@]4(C)[C@@]3(C)[C@@H](OC(=O)OCCSSCCOC(=O)OCc3cc(C(O)CNCCCCCOCCCCCc4ccccc4)ccc3O)C[C@@]21C. The minimum Gasteiger partial charge on any atom is -0.508 e. The van der Waals surface area contributed by atoms with E-state index < -0.39 is 87.0 Å². The van der Waals surface area contributed by atoms with E-state index in [9.17, 15) is 38.6 Å². The molecular weight excluding hydrogens is 1040 g/mol. The number of carbonyl (C=O) groups is 5. The first kappa shape index (κ1) is 61.1. The molecule has 4 aliphatic carbocycles. The second-order valence-corrected chi connectivity index (χ2v) is 24.5. The lowest BCUT2D eigenvalue weighted by Gasteiger charge is -2.65. The largest absolute Gasteiger partial charge is 0.508 e. The zero-order chi connectivity index (χ0) is 54.9. The van der Waals surface area contributed by atoms with Crippen molar-refractivity contribution in [3.05, 3.63) is 88.8 Å². The van der Waals surface area contributed by atoms with E-state index in [1.54, 1.807) is 39.0 Å². The molecule has 0 radical (unpaired) electrons. The van der Waals surface area contributed by atoms with Gasteiger partial charge in [0.2, 0.25) is 5.12 Å². The first-order chi connectivity index (χ1) is 36.4. The number of allylic oxidation sites excluding steroid dienone is 4. The number of carbonyl (C=O) groups excluding carboxylic acids is 5. The van der Waals surface area contributed by atoms with Crippen LogP contribution in [-0.4, -0.2) is 108 Å². The van der Waals surface area contributed by atoms with E-state index in [-0.39, 0.29) is 57.0 Å². The molecule has 6 rings (SSSR count). The van der Waals surface area contributed by atoms with Crippen molar-refractivity contribution in [3.63, 3.8) is 0 Å². The van der Waals surface area contributed by atoms with Gasteiger partial charge in [0.15, 0.2) is 11.4 Å². The lowest BCUT2D eigenvalue weighted by atomic mass is 9.40. The maximum absolute atomic E-state index is 16.4. The van der Waals surface area contributed by atoms with E-state index in [0.29, 0.717) is 52.9 Å². The number of benzene rings is 2. The number of nitrogens with one attached hydrogen (secondary N) is 1. The van der Waals surface area contributed by atoms with Gasteiger partial charge in [-0.2, -0.15) is 0 Å². The molecule has 2 aromatic carbocycles. The van der Waals surface area contributed by atoms with Crippen molar-refractivity contribution in [1.29, 1.82) is 0 Å². The number of aromatic hydroxyl groups is 1. The summed E-state index contributed by atoms with van der Waals surface area (Å²) in [5.74, 6) is -2.23. The first-order valence-corrected chi connectivity index (χ1v) is 30.2. The molecule has 420 valence electrons. The minimum atomic E-state index is -1.79. The van der Waals surface area contributed by atoms with E-state index in [1.165, 1.54) is 45.7 Å². The molecule has 0 heterocycles. The van der Waals surface area contributed by atoms with Gasteiger partial charge in [0.05, 0.1) is 6.10 Å². The van der Waals surface area contributed by atoms with E-state index in [1.807, 2.05) is 19.9 Å². The molecule has 2 aromatic rings. The number of alkyl halides is 1. The van der Waals surface area contributed by atoms with Crippen LogP contribution in [0.15, 0.2) is 72.1 Å². The number of phenols is 1. The third-order valence-electron chi connectivity index (χ3n) is 16.5. The summed E-state index contributed by atoms with van der Waals surface area (Å²) in [5, 5.41) is 23.8. The van der Waals surface area contributed by atoms with Crippen molar-refractivity contribution in [1.82, 2.24) is 5.32 Å². The first-order valence-electron chi connectivity index (χ1n) is 26.7. The summed E-state index contributed by atoms with van der Waals surface area (Å²) in [6.45, 7) is 11.2. The predicted octanol–water partition coefficient (Wildman–Crippen LogP) is 11.9. The van der Waals surface area contributed by atoms with E-state index in [0.717, 1.165) is 58.3 Å². The fourth-order valence-electron chi connectivity index (χ4n) is 12.3. The van der Waals surface area contributed by atoms with Crippen LogP contribution in [0.4, 0.5) is 18.4 Å². The molecule has 3 N–H and O–H groups in total. The lowest BCUT2D eigenvalue weighted by molar-refractivity contribution is -0.217. The topological polar surface area (TPSA) is 193 Å². The maximum Gasteiger partial charge on any atom is 0.508 e. The van der Waals surface area contributed by atoms with Gasteiger partial charge in [-0.3, -0.25) is 14.4 Å².